The molecule has 8 heteroatoms. The van der Waals surface area contributed by atoms with Gasteiger partial charge >= 0.3 is 5.69 Å². The lowest BCUT2D eigenvalue weighted by Crippen LogP contribution is -2.39. The van der Waals surface area contributed by atoms with Crippen LogP contribution in [0.5, 0.6) is 5.75 Å². The zero-order chi connectivity index (χ0) is 18.1. The monoisotopic (exact) mass is 358 g/mol. The first-order chi connectivity index (χ1) is 11.9. The van der Waals surface area contributed by atoms with Gasteiger partial charge in [0, 0.05) is 25.0 Å². The van der Waals surface area contributed by atoms with E-state index in [0.29, 0.717) is 12.3 Å². The van der Waals surface area contributed by atoms with Crippen LogP contribution in [0.4, 0.5) is 5.82 Å². The normalized spacial score (nSPS) is 10.8. The summed E-state index contributed by atoms with van der Waals surface area (Å²) < 4.78 is 7.70. The standard InChI is InChI=1S/C17H18N4O3S/c1-4-24-11-7-5-10(6-8-11)15-19-12(9-25-15)13-14(18)20(2)17(23)21(3)16(13)22/h5-9H,4,18H2,1-3H3. The van der Waals surface area contributed by atoms with Crippen LogP contribution in [0.25, 0.3) is 21.8 Å². The highest BCUT2D eigenvalue weighted by molar-refractivity contribution is 7.13. The Morgan fingerprint density at radius 2 is 1.84 bits per heavy atom. The minimum absolute atomic E-state index is 0.108. The van der Waals surface area contributed by atoms with E-state index in [0.717, 1.165) is 20.9 Å². The van der Waals surface area contributed by atoms with Crippen LogP contribution in [-0.4, -0.2) is 20.7 Å². The van der Waals surface area contributed by atoms with E-state index in [4.69, 9.17) is 10.5 Å². The van der Waals surface area contributed by atoms with E-state index in [1.54, 1.807) is 5.38 Å². The van der Waals surface area contributed by atoms with E-state index in [1.807, 2.05) is 31.2 Å². The summed E-state index contributed by atoms with van der Waals surface area (Å²) in [4.78, 5) is 28.9. The molecule has 1 aromatic carbocycles. The highest BCUT2D eigenvalue weighted by Crippen LogP contribution is 2.30. The Kier molecular flexibility index (Phi) is 4.45. The van der Waals surface area contributed by atoms with Crippen molar-refractivity contribution < 1.29 is 4.74 Å². The molecule has 3 rings (SSSR count). The first kappa shape index (κ1) is 17.0. The number of rotatable bonds is 4. The molecule has 0 aliphatic carbocycles. The molecule has 0 amide bonds. The molecule has 0 radical (unpaired) electrons. The highest BCUT2D eigenvalue weighted by atomic mass is 32.1. The second-order valence-corrected chi connectivity index (χ2v) is 6.32. The highest BCUT2D eigenvalue weighted by Gasteiger charge is 2.18. The van der Waals surface area contributed by atoms with Gasteiger partial charge in [-0.2, -0.15) is 0 Å². The second kappa shape index (κ2) is 6.56. The molecule has 0 unspecified atom stereocenters. The Hall–Kier alpha value is -2.87. The number of ether oxygens (including phenoxy) is 1. The van der Waals surface area contributed by atoms with E-state index in [2.05, 4.69) is 4.98 Å². The van der Waals surface area contributed by atoms with Crippen LogP contribution in [0.3, 0.4) is 0 Å². The summed E-state index contributed by atoms with van der Waals surface area (Å²) in [5.41, 5.74) is 6.68. The third-order valence-electron chi connectivity index (χ3n) is 3.88. The van der Waals surface area contributed by atoms with E-state index in [-0.39, 0.29) is 11.4 Å². The minimum atomic E-state index is -0.465. The molecule has 2 heterocycles. The van der Waals surface area contributed by atoms with E-state index in [9.17, 15) is 9.59 Å². The summed E-state index contributed by atoms with van der Waals surface area (Å²) in [6, 6.07) is 7.57. The molecule has 0 saturated heterocycles. The fourth-order valence-electron chi connectivity index (χ4n) is 2.48. The molecular weight excluding hydrogens is 340 g/mol. The van der Waals surface area contributed by atoms with Crippen LogP contribution in [0, 0.1) is 0 Å². The molecule has 2 aromatic heterocycles. The number of nitrogen functional groups attached to an aromatic ring is 1. The molecule has 0 bridgehead atoms. The fourth-order valence-corrected chi connectivity index (χ4v) is 3.30. The van der Waals surface area contributed by atoms with Gasteiger partial charge in [-0.3, -0.25) is 13.9 Å². The fraction of sp³-hybridized carbons (Fsp3) is 0.235. The van der Waals surface area contributed by atoms with Gasteiger partial charge in [0.15, 0.2) is 0 Å². The van der Waals surface area contributed by atoms with Gasteiger partial charge in [-0.15, -0.1) is 11.3 Å². The Morgan fingerprint density at radius 3 is 2.48 bits per heavy atom. The van der Waals surface area contributed by atoms with Gasteiger partial charge in [-0.05, 0) is 31.2 Å². The average molecular weight is 358 g/mol. The molecule has 0 atom stereocenters. The summed E-state index contributed by atoms with van der Waals surface area (Å²) in [5.74, 6) is 0.899. The average Bonchev–Trinajstić information content (AvgIpc) is 3.09. The van der Waals surface area contributed by atoms with Crippen LogP contribution in [-0.2, 0) is 14.1 Å². The van der Waals surface area contributed by atoms with Gasteiger partial charge in [0.25, 0.3) is 5.56 Å². The zero-order valence-electron chi connectivity index (χ0n) is 14.1. The largest absolute Gasteiger partial charge is 0.494 e. The first-order valence-electron chi connectivity index (χ1n) is 7.68. The molecule has 0 spiro atoms. The molecule has 7 nitrogen and oxygen atoms in total. The summed E-state index contributed by atoms with van der Waals surface area (Å²) in [7, 11) is 2.95. The van der Waals surface area contributed by atoms with E-state index >= 15 is 0 Å². The molecule has 2 N–H and O–H groups in total. The van der Waals surface area contributed by atoms with Gasteiger partial charge < -0.3 is 10.5 Å². The molecule has 0 saturated carbocycles. The Labute approximate surface area is 148 Å². The van der Waals surface area contributed by atoms with Gasteiger partial charge in [-0.25, -0.2) is 9.78 Å². The third-order valence-corrected chi connectivity index (χ3v) is 4.77. The van der Waals surface area contributed by atoms with E-state index in [1.165, 1.54) is 30.0 Å². The van der Waals surface area contributed by atoms with Crippen molar-refractivity contribution in [3.8, 4) is 27.6 Å². The second-order valence-electron chi connectivity index (χ2n) is 5.46. The van der Waals surface area contributed by atoms with Crippen LogP contribution >= 0.6 is 11.3 Å². The molecule has 0 fully saturated rings. The molecule has 25 heavy (non-hydrogen) atoms. The smallest absolute Gasteiger partial charge is 0.332 e. The molecule has 3 aromatic rings. The number of thiazole rings is 1. The molecule has 0 aliphatic heterocycles. The number of nitrogens with two attached hydrogens (primary N) is 1. The van der Waals surface area contributed by atoms with Crippen LogP contribution < -0.4 is 21.7 Å². The van der Waals surface area contributed by atoms with Crippen molar-refractivity contribution >= 4 is 17.2 Å². The molecule has 130 valence electrons. The summed E-state index contributed by atoms with van der Waals surface area (Å²) in [6.07, 6.45) is 0. The van der Waals surface area contributed by atoms with Crippen molar-refractivity contribution in [2.75, 3.05) is 12.3 Å². The Morgan fingerprint density at radius 1 is 1.16 bits per heavy atom. The predicted octanol–water partition coefficient (Wildman–Crippen LogP) is 1.86. The summed E-state index contributed by atoms with van der Waals surface area (Å²) >= 11 is 1.41. The maximum absolute atomic E-state index is 12.4. The maximum Gasteiger partial charge on any atom is 0.332 e. The number of hydrogen-bond donors (Lipinski definition) is 1. The zero-order valence-corrected chi connectivity index (χ0v) is 15.0. The third kappa shape index (κ3) is 2.96. The lowest BCUT2D eigenvalue weighted by atomic mass is 10.2. The number of anilines is 1. The Balaban J connectivity index is 2.06. The van der Waals surface area contributed by atoms with Crippen molar-refractivity contribution in [1.29, 1.82) is 0 Å². The van der Waals surface area contributed by atoms with Gasteiger partial charge in [0.2, 0.25) is 0 Å². The van der Waals surface area contributed by atoms with Crippen LogP contribution in [0.1, 0.15) is 6.92 Å². The predicted molar refractivity (Wildman–Crippen MR) is 99.0 cm³/mol. The summed E-state index contributed by atoms with van der Waals surface area (Å²) in [5, 5.41) is 2.52. The first-order valence-corrected chi connectivity index (χ1v) is 8.56. The minimum Gasteiger partial charge on any atom is -0.494 e. The van der Waals surface area contributed by atoms with E-state index < -0.39 is 11.2 Å². The molecular formula is C17H18N4O3S. The number of hydrogen-bond acceptors (Lipinski definition) is 6. The van der Waals surface area contributed by atoms with Crippen LogP contribution in [0.2, 0.25) is 0 Å². The van der Waals surface area contributed by atoms with Crippen molar-refractivity contribution in [1.82, 2.24) is 14.1 Å². The Bertz CT molecular complexity index is 1030. The maximum atomic E-state index is 12.4. The van der Waals surface area contributed by atoms with Gasteiger partial charge in [0.1, 0.15) is 22.1 Å². The lowest BCUT2D eigenvalue weighted by Gasteiger charge is -2.09. The van der Waals surface area contributed by atoms with Crippen molar-refractivity contribution in [3.05, 3.63) is 50.5 Å². The van der Waals surface area contributed by atoms with Crippen molar-refractivity contribution in [2.45, 2.75) is 6.92 Å². The van der Waals surface area contributed by atoms with Crippen LogP contribution in [0.15, 0.2) is 39.2 Å². The van der Waals surface area contributed by atoms with Crippen molar-refractivity contribution in [3.63, 3.8) is 0 Å². The van der Waals surface area contributed by atoms with Gasteiger partial charge in [0.05, 0.1) is 12.3 Å². The number of nitrogens with zero attached hydrogens (tertiary/aromatic N) is 3. The van der Waals surface area contributed by atoms with Gasteiger partial charge in [-0.1, -0.05) is 0 Å². The summed E-state index contributed by atoms with van der Waals surface area (Å²) in [6.45, 7) is 2.54. The van der Waals surface area contributed by atoms with Crippen molar-refractivity contribution in [2.24, 2.45) is 14.1 Å². The lowest BCUT2D eigenvalue weighted by molar-refractivity contribution is 0.340. The SMILES string of the molecule is CCOc1ccc(-c2nc(-c3c(N)n(C)c(=O)n(C)c3=O)cs2)cc1. The number of aromatic nitrogens is 3. The topological polar surface area (TPSA) is 92.1 Å². The quantitative estimate of drug-likeness (QED) is 0.768. The molecule has 0 aliphatic rings. The number of benzene rings is 1.